The van der Waals surface area contributed by atoms with Gasteiger partial charge >= 0.3 is 12.0 Å². The van der Waals surface area contributed by atoms with Crippen LogP contribution in [0.5, 0.6) is 0 Å². The molecule has 2 saturated heterocycles. The Morgan fingerprint density at radius 2 is 2.05 bits per heavy atom. The van der Waals surface area contributed by atoms with Gasteiger partial charge in [-0.3, -0.25) is 0 Å². The molecule has 1 unspecified atom stereocenters. The number of rotatable bonds is 4. The molecule has 0 aromatic heterocycles. The molecule has 0 aromatic carbocycles. The number of carboxylic acids is 1. The molecule has 0 radical (unpaired) electrons. The lowest BCUT2D eigenvalue weighted by Crippen LogP contribution is -2.50. The van der Waals surface area contributed by atoms with Crippen LogP contribution < -0.4 is 0 Å². The zero-order chi connectivity index (χ0) is 14.5. The van der Waals surface area contributed by atoms with Crippen molar-refractivity contribution in [2.24, 2.45) is 0 Å². The minimum absolute atomic E-state index is 0.0252. The van der Waals surface area contributed by atoms with Gasteiger partial charge in [0.05, 0.1) is 18.8 Å². The largest absolute Gasteiger partial charge is 0.480 e. The highest BCUT2D eigenvalue weighted by molar-refractivity contribution is 5.74. The van der Waals surface area contributed by atoms with E-state index in [0.717, 1.165) is 6.42 Å². The summed E-state index contributed by atoms with van der Waals surface area (Å²) in [6.07, 6.45) is 2.21. The molecule has 2 fully saturated rings. The van der Waals surface area contributed by atoms with Gasteiger partial charge in [0.2, 0.25) is 0 Å². The summed E-state index contributed by atoms with van der Waals surface area (Å²) < 4.78 is 10.6. The van der Waals surface area contributed by atoms with E-state index >= 15 is 0 Å². The highest BCUT2D eigenvalue weighted by atomic mass is 16.5. The van der Waals surface area contributed by atoms with Crippen LogP contribution in [0, 0.1) is 0 Å². The van der Waals surface area contributed by atoms with E-state index in [-0.39, 0.29) is 24.8 Å². The van der Waals surface area contributed by atoms with Crippen molar-refractivity contribution in [1.29, 1.82) is 0 Å². The number of carbonyl (C=O) groups excluding carboxylic acids is 1. The van der Waals surface area contributed by atoms with E-state index in [2.05, 4.69) is 0 Å². The third kappa shape index (κ3) is 3.83. The second kappa shape index (κ2) is 6.90. The van der Waals surface area contributed by atoms with Crippen LogP contribution >= 0.6 is 0 Å². The molecule has 2 aliphatic rings. The normalized spacial score (nSPS) is 23.9. The predicted octanol–water partition coefficient (Wildman–Crippen LogP) is 0.393. The van der Waals surface area contributed by atoms with Crippen molar-refractivity contribution in [2.45, 2.75) is 31.4 Å². The van der Waals surface area contributed by atoms with Gasteiger partial charge in [-0.25, -0.2) is 9.59 Å². The summed E-state index contributed by atoms with van der Waals surface area (Å²) in [5, 5.41) is 8.57. The summed E-state index contributed by atoms with van der Waals surface area (Å²) in [4.78, 5) is 26.3. The summed E-state index contributed by atoms with van der Waals surface area (Å²) in [5.74, 6) is -0.954. The minimum atomic E-state index is -0.954. The van der Waals surface area contributed by atoms with Crippen LogP contribution in [0.3, 0.4) is 0 Å². The van der Waals surface area contributed by atoms with Gasteiger partial charge < -0.3 is 24.4 Å². The summed E-state index contributed by atoms with van der Waals surface area (Å²) in [5.41, 5.74) is 0. The molecule has 7 nitrogen and oxygen atoms in total. The number of hydrogen-bond donors (Lipinski definition) is 1. The first-order valence-electron chi connectivity index (χ1n) is 7.01. The van der Waals surface area contributed by atoms with E-state index in [1.807, 2.05) is 7.05 Å². The molecular weight excluding hydrogens is 264 g/mol. The van der Waals surface area contributed by atoms with Crippen LogP contribution in [-0.4, -0.2) is 79.0 Å². The molecule has 0 aliphatic carbocycles. The van der Waals surface area contributed by atoms with Crippen LogP contribution in [0.15, 0.2) is 0 Å². The van der Waals surface area contributed by atoms with Crippen molar-refractivity contribution in [1.82, 2.24) is 9.80 Å². The number of carboxylic acid groups (broad SMARTS) is 1. The number of amides is 2. The van der Waals surface area contributed by atoms with Gasteiger partial charge in [0.15, 0.2) is 0 Å². The Labute approximate surface area is 118 Å². The standard InChI is InChI=1S/C13H22N2O5/c1-14(10-4-7-19-8-10)13(18)15-5-2-11(3-6-15)20-9-12(16)17/h10-11H,2-9H2,1H3,(H,16,17). The molecule has 0 aromatic rings. The van der Waals surface area contributed by atoms with E-state index < -0.39 is 5.97 Å². The average Bonchev–Trinajstić information content (AvgIpc) is 2.98. The number of likely N-dealkylation sites (tertiary alicyclic amines) is 1. The topological polar surface area (TPSA) is 79.3 Å². The Hall–Kier alpha value is -1.34. The van der Waals surface area contributed by atoms with Crippen molar-refractivity contribution in [3.05, 3.63) is 0 Å². The molecule has 114 valence electrons. The van der Waals surface area contributed by atoms with Crippen molar-refractivity contribution < 1.29 is 24.2 Å². The Morgan fingerprint density at radius 1 is 1.35 bits per heavy atom. The Balaban J connectivity index is 1.75. The lowest BCUT2D eigenvalue weighted by Gasteiger charge is -2.35. The van der Waals surface area contributed by atoms with Gasteiger partial charge in [-0.1, -0.05) is 0 Å². The van der Waals surface area contributed by atoms with Crippen molar-refractivity contribution >= 4 is 12.0 Å². The maximum atomic E-state index is 12.3. The highest BCUT2D eigenvalue weighted by Gasteiger charge is 2.30. The fourth-order valence-corrected chi connectivity index (χ4v) is 2.61. The lowest BCUT2D eigenvalue weighted by molar-refractivity contribution is -0.145. The molecule has 7 heteroatoms. The summed E-state index contributed by atoms with van der Waals surface area (Å²) in [7, 11) is 1.81. The number of aliphatic carboxylic acids is 1. The number of hydrogen-bond acceptors (Lipinski definition) is 4. The monoisotopic (exact) mass is 286 g/mol. The molecule has 2 amide bonds. The van der Waals surface area contributed by atoms with Crippen LogP contribution in [0.25, 0.3) is 0 Å². The highest BCUT2D eigenvalue weighted by Crippen LogP contribution is 2.18. The quantitative estimate of drug-likeness (QED) is 0.809. The Kier molecular flexibility index (Phi) is 5.19. The number of piperidine rings is 1. The van der Waals surface area contributed by atoms with Crippen LogP contribution in [0.1, 0.15) is 19.3 Å². The summed E-state index contributed by atoms with van der Waals surface area (Å²) in [6, 6.07) is 0.195. The average molecular weight is 286 g/mol. The van der Waals surface area contributed by atoms with Gasteiger partial charge in [-0.2, -0.15) is 0 Å². The number of likely N-dealkylation sites (N-methyl/N-ethyl adjacent to an activating group) is 1. The predicted molar refractivity (Wildman–Crippen MR) is 70.6 cm³/mol. The molecule has 2 heterocycles. The fourth-order valence-electron chi connectivity index (χ4n) is 2.61. The van der Waals surface area contributed by atoms with E-state index in [1.165, 1.54) is 0 Å². The van der Waals surface area contributed by atoms with E-state index in [1.54, 1.807) is 9.80 Å². The minimum Gasteiger partial charge on any atom is -0.480 e. The third-order valence-corrected chi connectivity index (χ3v) is 3.91. The maximum Gasteiger partial charge on any atom is 0.329 e. The van der Waals surface area contributed by atoms with E-state index in [4.69, 9.17) is 14.6 Å². The summed E-state index contributed by atoms with van der Waals surface area (Å²) in [6.45, 7) is 2.29. The maximum absolute atomic E-state index is 12.3. The molecule has 1 N–H and O–H groups in total. The second-order valence-corrected chi connectivity index (χ2v) is 5.30. The molecule has 2 aliphatic heterocycles. The van der Waals surface area contributed by atoms with Crippen LogP contribution in [0.4, 0.5) is 4.79 Å². The lowest BCUT2D eigenvalue weighted by atomic mass is 10.1. The molecule has 0 bridgehead atoms. The van der Waals surface area contributed by atoms with Crippen molar-refractivity contribution in [3.8, 4) is 0 Å². The molecule has 0 saturated carbocycles. The SMILES string of the molecule is CN(C(=O)N1CCC(OCC(=O)O)CC1)C1CCOC1. The Morgan fingerprint density at radius 3 is 2.60 bits per heavy atom. The number of urea groups is 1. The van der Waals surface area contributed by atoms with Crippen LogP contribution in [-0.2, 0) is 14.3 Å². The van der Waals surface area contributed by atoms with Gasteiger partial charge in [0.1, 0.15) is 6.61 Å². The molecule has 0 spiro atoms. The molecular formula is C13H22N2O5. The van der Waals surface area contributed by atoms with Crippen molar-refractivity contribution in [3.63, 3.8) is 0 Å². The number of carbonyl (C=O) groups is 2. The second-order valence-electron chi connectivity index (χ2n) is 5.30. The third-order valence-electron chi connectivity index (χ3n) is 3.91. The van der Waals surface area contributed by atoms with Crippen LogP contribution in [0.2, 0.25) is 0 Å². The fraction of sp³-hybridized carbons (Fsp3) is 0.846. The summed E-state index contributed by atoms with van der Waals surface area (Å²) >= 11 is 0. The van der Waals surface area contributed by atoms with E-state index in [0.29, 0.717) is 39.1 Å². The van der Waals surface area contributed by atoms with Gasteiger partial charge in [-0.15, -0.1) is 0 Å². The number of nitrogens with zero attached hydrogens (tertiary/aromatic N) is 2. The molecule has 20 heavy (non-hydrogen) atoms. The first-order chi connectivity index (χ1) is 9.58. The van der Waals surface area contributed by atoms with Gasteiger partial charge in [-0.05, 0) is 19.3 Å². The zero-order valence-electron chi connectivity index (χ0n) is 11.8. The first-order valence-corrected chi connectivity index (χ1v) is 7.01. The zero-order valence-corrected chi connectivity index (χ0v) is 11.8. The smallest absolute Gasteiger partial charge is 0.329 e. The van der Waals surface area contributed by atoms with E-state index in [9.17, 15) is 9.59 Å². The molecule has 1 atom stereocenters. The molecule has 2 rings (SSSR count). The Bertz CT molecular complexity index is 349. The van der Waals surface area contributed by atoms with Gasteiger partial charge in [0.25, 0.3) is 0 Å². The van der Waals surface area contributed by atoms with Crippen molar-refractivity contribution in [2.75, 3.05) is 40.0 Å². The van der Waals surface area contributed by atoms with Gasteiger partial charge in [0, 0.05) is 26.7 Å². The first kappa shape index (κ1) is 15.1. The number of ether oxygens (including phenoxy) is 2.